The van der Waals surface area contributed by atoms with Crippen LogP contribution in [0.3, 0.4) is 0 Å². The third-order valence-corrected chi connectivity index (χ3v) is 3.37. The van der Waals surface area contributed by atoms with Gasteiger partial charge in [0.25, 0.3) is 0 Å². The van der Waals surface area contributed by atoms with Gasteiger partial charge in [0.15, 0.2) is 0 Å². The highest BCUT2D eigenvalue weighted by Crippen LogP contribution is 2.13. The number of ether oxygens (including phenoxy) is 2. The minimum absolute atomic E-state index is 0.106. The van der Waals surface area contributed by atoms with E-state index < -0.39 is 5.97 Å². The van der Waals surface area contributed by atoms with Crippen LogP contribution in [0.1, 0.15) is 33.1 Å². The fourth-order valence-corrected chi connectivity index (χ4v) is 2.10. The molecule has 5 nitrogen and oxygen atoms in total. The van der Waals surface area contributed by atoms with Gasteiger partial charge in [0, 0.05) is 26.2 Å². The molecule has 112 valence electrons. The van der Waals surface area contributed by atoms with Crippen molar-refractivity contribution in [3.05, 3.63) is 0 Å². The molecule has 0 aliphatic carbocycles. The van der Waals surface area contributed by atoms with Crippen LogP contribution in [0.2, 0.25) is 0 Å². The zero-order valence-electron chi connectivity index (χ0n) is 12.1. The molecule has 1 rings (SSSR count). The van der Waals surface area contributed by atoms with Crippen LogP contribution < -0.4 is 0 Å². The Morgan fingerprint density at radius 2 is 2.00 bits per heavy atom. The standard InChI is InChI=1S/C14H27NO4/c1-12(2)5-9-18-10-8-15-6-3-13(4-7-15)19-11-14(16)17/h12-13H,3-11H2,1-2H3,(H,16,17). The van der Waals surface area contributed by atoms with Crippen molar-refractivity contribution in [1.82, 2.24) is 4.90 Å². The summed E-state index contributed by atoms with van der Waals surface area (Å²) in [5.74, 6) is -0.192. The molecule has 1 fully saturated rings. The fraction of sp³-hybridized carbons (Fsp3) is 0.929. The van der Waals surface area contributed by atoms with Crippen LogP contribution in [0.15, 0.2) is 0 Å². The minimum Gasteiger partial charge on any atom is -0.480 e. The lowest BCUT2D eigenvalue weighted by Gasteiger charge is -2.31. The number of carboxylic acid groups (broad SMARTS) is 1. The summed E-state index contributed by atoms with van der Waals surface area (Å²) in [5, 5.41) is 8.55. The molecular weight excluding hydrogens is 246 g/mol. The van der Waals surface area contributed by atoms with Crippen molar-refractivity contribution in [2.24, 2.45) is 5.92 Å². The predicted octanol–water partition coefficient (Wildman–Crippen LogP) is 1.61. The molecule has 19 heavy (non-hydrogen) atoms. The average Bonchev–Trinajstić information content (AvgIpc) is 2.37. The van der Waals surface area contributed by atoms with Crippen molar-refractivity contribution >= 4 is 5.97 Å². The Hall–Kier alpha value is -0.650. The quantitative estimate of drug-likeness (QED) is 0.647. The maximum Gasteiger partial charge on any atom is 0.329 e. The van der Waals surface area contributed by atoms with Crippen molar-refractivity contribution < 1.29 is 19.4 Å². The molecule has 5 heteroatoms. The van der Waals surface area contributed by atoms with Gasteiger partial charge in [0.05, 0.1) is 12.7 Å². The number of nitrogens with zero attached hydrogens (tertiary/aromatic N) is 1. The van der Waals surface area contributed by atoms with Crippen LogP contribution in [-0.4, -0.2) is 61.5 Å². The Labute approximate surface area is 115 Å². The molecule has 0 radical (unpaired) electrons. The number of rotatable bonds is 9. The second kappa shape index (κ2) is 9.28. The van der Waals surface area contributed by atoms with Crippen molar-refractivity contribution in [3.8, 4) is 0 Å². The van der Waals surface area contributed by atoms with Gasteiger partial charge in [-0.1, -0.05) is 13.8 Å². The smallest absolute Gasteiger partial charge is 0.329 e. The zero-order chi connectivity index (χ0) is 14.1. The summed E-state index contributed by atoms with van der Waals surface area (Å²) in [7, 11) is 0. The number of carboxylic acids is 1. The number of piperidine rings is 1. The summed E-state index contributed by atoms with van der Waals surface area (Å²) >= 11 is 0. The first-order valence-corrected chi connectivity index (χ1v) is 7.21. The van der Waals surface area contributed by atoms with E-state index in [1.807, 2.05) is 0 Å². The first kappa shape index (κ1) is 16.4. The topological polar surface area (TPSA) is 59.0 Å². The predicted molar refractivity (Wildman–Crippen MR) is 73.3 cm³/mol. The van der Waals surface area contributed by atoms with E-state index in [9.17, 15) is 4.79 Å². The first-order valence-electron chi connectivity index (χ1n) is 7.21. The summed E-state index contributed by atoms with van der Waals surface area (Å²) in [4.78, 5) is 12.8. The van der Waals surface area contributed by atoms with E-state index >= 15 is 0 Å². The van der Waals surface area contributed by atoms with Crippen molar-refractivity contribution in [2.45, 2.75) is 39.2 Å². The van der Waals surface area contributed by atoms with E-state index in [1.165, 1.54) is 0 Å². The Kier molecular flexibility index (Phi) is 8.02. The van der Waals surface area contributed by atoms with Gasteiger partial charge in [-0.25, -0.2) is 4.79 Å². The number of likely N-dealkylation sites (tertiary alicyclic amines) is 1. The second-order valence-electron chi connectivity index (χ2n) is 5.54. The molecule has 1 aliphatic rings. The lowest BCUT2D eigenvalue weighted by atomic mass is 10.1. The Bertz CT molecular complexity index is 250. The molecule has 1 aliphatic heterocycles. The SMILES string of the molecule is CC(C)CCOCCN1CCC(OCC(=O)O)CC1. The van der Waals surface area contributed by atoms with E-state index in [0.717, 1.165) is 52.1 Å². The van der Waals surface area contributed by atoms with Crippen LogP contribution in [0, 0.1) is 5.92 Å². The Morgan fingerprint density at radius 3 is 2.58 bits per heavy atom. The summed E-state index contributed by atoms with van der Waals surface area (Å²) in [5.41, 5.74) is 0. The molecule has 0 amide bonds. The van der Waals surface area contributed by atoms with Crippen LogP contribution in [0.4, 0.5) is 0 Å². The molecule has 1 heterocycles. The van der Waals surface area contributed by atoms with Gasteiger partial charge in [-0.3, -0.25) is 0 Å². The normalized spacial score (nSPS) is 18.1. The van der Waals surface area contributed by atoms with Gasteiger partial charge in [-0.15, -0.1) is 0 Å². The highest BCUT2D eigenvalue weighted by molar-refractivity contribution is 5.68. The van der Waals surface area contributed by atoms with Crippen molar-refractivity contribution in [3.63, 3.8) is 0 Å². The summed E-state index contributed by atoms with van der Waals surface area (Å²) in [6.45, 7) is 8.75. The number of hydrogen-bond acceptors (Lipinski definition) is 4. The average molecular weight is 273 g/mol. The third-order valence-electron chi connectivity index (χ3n) is 3.37. The highest BCUT2D eigenvalue weighted by Gasteiger charge is 2.19. The number of aliphatic carboxylic acids is 1. The highest BCUT2D eigenvalue weighted by atomic mass is 16.5. The molecular formula is C14H27NO4. The van der Waals surface area contributed by atoms with Crippen LogP contribution in [0.25, 0.3) is 0 Å². The molecule has 0 spiro atoms. The minimum atomic E-state index is -0.888. The van der Waals surface area contributed by atoms with Gasteiger partial charge < -0.3 is 19.5 Å². The van der Waals surface area contributed by atoms with E-state index in [2.05, 4.69) is 18.7 Å². The molecule has 0 saturated carbocycles. The van der Waals surface area contributed by atoms with E-state index in [-0.39, 0.29) is 12.7 Å². The molecule has 0 aromatic heterocycles. The first-order chi connectivity index (χ1) is 9.08. The molecule has 0 aromatic carbocycles. The van der Waals surface area contributed by atoms with Crippen LogP contribution in [-0.2, 0) is 14.3 Å². The summed E-state index contributed by atoms with van der Waals surface area (Å²) < 4.78 is 10.9. The molecule has 1 saturated heterocycles. The van der Waals surface area contributed by atoms with Gasteiger partial charge >= 0.3 is 5.97 Å². The molecule has 0 atom stereocenters. The van der Waals surface area contributed by atoms with E-state index in [0.29, 0.717) is 5.92 Å². The van der Waals surface area contributed by atoms with Crippen LogP contribution in [0.5, 0.6) is 0 Å². The number of carbonyl (C=O) groups is 1. The molecule has 0 aromatic rings. The molecule has 0 unspecified atom stereocenters. The fourth-order valence-electron chi connectivity index (χ4n) is 2.10. The van der Waals surface area contributed by atoms with E-state index in [4.69, 9.17) is 14.6 Å². The second-order valence-corrected chi connectivity index (χ2v) is 5.54. The summed E-state index contributed by atoms with van der Waals surface area (Å²) in [6, 6.07) is 0. The van der Waals surface area contributed by atoms with Gasteiger partial charge in [0.1, 0.15) is 6.61 Å². The largest absolute Gasteiger partial charge is 0.480 e. The molecule has 1 N–H and O–H groups in total. The maximum absolute atomic E-state index is 10.4. The lowest BCUT2D eigenvalue weighted by Crippen LogP contribution is -2.39. The Balaban J connectivity index is 1.99. The van der Waals surface area contributed by atoms with E-state index in [1.54, 1.807) is 0 Å². The van der Waals surface area contributed by atoms with Crippen LogP contribution >= 0.6 is 0 Å². The summed E-state index contributed by atoms with van der Waals surface area (Å²) in [6.07, 6.45) is 3.05. The van der Waals surface area contributed by atoms with Crippen molar-refractivity contribution in [2.75, 3.05) is 39.5 Å². The van der Waals surface area contributed by atoms with Gasteiger partial charge in [-0.2, -0.15) is 0 Å². The van der Waals surface area contributed by atoms with Crippen molar-refractivity contribution in [1.29, 1.82) is 0 Å². The monoisotopic (exact) mass is 273 g/mol. The third kappa shape index (κ3) is 8.18. The molecule has 0 bridgehead atoms. The number of hydrogen-bond donors (Lipinski definition) is 1. The Morgan fingerprint density at radius 1 is 1.32 bits per heavy atom. The zero-order valence-corrected chi connectivity index (χ0v) is 12.1. The van der Waals surface area contributed by atoms with Gasteiger partial charge in [-0.05, 0) is 25.2 Å². The van der Waals surface area contributed by atoms with Gasteiger partial charge in [0.2, 0.25) is 0 Å². The maximum atomic E-state index is 10.4. The lowest BCUT2D eigenvalue weighted by molar-refractivity contribution is -0.145.